The predicted molar refractivity (Wildman–Crippen MR) is 63.3 cm³/mol. The topological polar surface area (TPSA) is 81.8 Å². The van der Waals surface area contributed by atoms with Gasteiger partial charge in [-0.3, -0.25) is 4.79 Å². The summed E-state index contributed by atoms with van der Waals surface area (Å²) in [4.78, 5) is 10.3. The van der Waals surface area contributed by atoms with Crippen LogP contribution in [-0.2, 0) is 11.3 Å². The van der Waals surface area contributed by atoms with Crippen molar-refractivity contribution in [2.24, 2.45) is 5.73 Å². The van der Waals surface area contributed by atoms with E-state index in [-0.39, 0.29) is 6.42 Å². The number of rotatable bonds is 7. The molecule has 1 rings (SSSR count). The highest BCUT2D eigenvalue weighted by Gasteiger charge is 2.04. The Kier molecular flexibility index (Phi) is 5.29. The van der Waals surface area contributed by atoms with Crippen molar-refractivity contribution in [3.05, 3.63) is 23.8 Å². The third kappa shape index (κ3) is 4.32. The molecule has 0 radical (unpaired) electrons. The van der Waals surface area contributed by atoms with Gasteiger partial charge in [0, 0.05) is 24.6 Å². The van der Waals surface area contributed by atoms with Crippen molar-refractivity contribution in [2.75, 3.05) is 13.7 Å². The summed E-state index contributed by atoms with van der Waals surface area (Å²) < 4.78 is 10.6. The molecule has 0 aromatic heterocycles. The van der Waals surface area contributed by atoms with Crippen molar-refractivity contribution in [1.82, 2.24) is 0 Å². The highest BCUT2D eigenvalue weighted by atomic mass is 16.5. The van der Waals surface area contributed by atoms with Crippen LogP contribution >= 0.6 is 0 Å². The molecule has 0 aliphatic heterocycles. The highest BCUT2D eigenvalue weighted by molar-refractivity contribution is 5.66. The third-order valence-electron chi connectivity index (χ3n) is 2.28. The van der Waals surface area contributed by atoms with E-state index in [1.54, 1.807) is 19.2 Å². The van der Waals surface area contributed by atoms with Gasteiger partial charge in [0.15, 0.2) is 0 Å². The molecular formula is C12H17NO4. The Morgan fingerprint density at radius 2 is 2.24 bits per heavy atom. The van der Waals surface area contributed by atoms with E-state index in [1.165, 1.54) is 0 Å². The number of aliphatic carboxylic acids is 1. The Bertz CT molecular complexity index is 379. The molecule has 1 aromatic rings. The first-order valence-corrected chi connectivity index (χ1v) is 5.39. The maximum Gasteiger partial charge on any atom is 0.303 e. The lowest BCUT2D eigenvalue weighted by Gasteiger charge is -2.10. The first-order chi connectivity index (χ1) is 8.17. The van der Waals surface area contributed by atoms with Crippen LogP contribution in [0.1, 0.15) is 18.4 Å². The minimum Gasteiger partial charge on any atom is -0.496 e. The summed E-state index contributed by atoms with van der Waals surface area (Å²) in [5.74, 6) is 0.525. The van der Waals surface area contributed by atoms with Crippen LogP contribution in [0, 0.1) is 0 Å². The number of benzene rings is 1. The molecule has 5 nitrogen and oxygen atoms in total. The summed E-state index contributed by atoms with van der Waals surface area (Å²) in [5.41, 5.74) is 6.45. The normalized spacial score (nSPS) is 10.0. The molecule has 0 amide bonds. The van der Waals surface area contributed by atoms with Crippen LogP contribution in [0.5, 0.6) is 11.5 Å². The van der Waals surface area contributed by atoms with Gasteiger partial charge >= 0.3 is 5.97 Å². The summed E-state index contributed by atoms with van der Waals surface area (Å²) in [5, 5.41) is 8.47. The lowest BCUT2D eigenvalue weighted by atomic mass is 10.2. The molecule has 0 saturated carbocycles. The lowest BCUT2D eigenvalue weighted by molar-refractivity contribution is -0.137. The molecule has 0 aliphatic carbocycles. The van der Waals surface area contributed by atoms with E-state index in [2.05, 4.69) is 0 Å². The van der Waals surface area contributed by atoms with Gasteiger partial charge in [-0.15, -0.1) is 0 Å². The van der Waals surface area contributed by atoms with Crippen molar-refractivity contribution in [2.45, 2.75) is 19.4 Å². The van der Waals surface area contributed by atoms with Crippen molar-refractivity contribution in [3.63, 3.8) is 0 Å². The largest absolute Gasteiger partial charge is 0.496 e. The second-order valence-electron chi connectivity index (χ2n) is 3.52. The summed E-state index contributed by atoms with van der Waals surface area (Å²) in [6, 6.07) is 5.39. The molecule has 0 spiro atoms. The fraction of sp³-hybridized carbons (Fsp3) is 0.417. The average Bonchev–Trinajstić information content (AvgIpc) is 2.34. The number of carboxylic acids is 1. The van der Waals surface area contributed by atoms with Crippen LogP contribution in [0.15, 0.2) is 18.2 Å². The molecular weight excluding hydrogens is 222 g/mol. The van der Waals surface area contributed by atoms with Gasteiger partial charge in [0.25, 0.3) is 0 Å². The molecule has 0 heterocycles. The second kappa shape index (κ2) is 6.75. The Morgan fingerprint density at radius 3 is 2.82 bits per heavy atom. The van der Waals surface area contributed by atoms with E-state index < -0.39 is 5.97 Å². The van der Waals surface area contributed by atoms with Crippen LogP contribution in [0.4, 0.5) is 0 Å². The molecule has 0 saturated heterocycles. The standard InChI is InChI=1S/C12H17NO4/c1-16-11-7-10(5-4-9(11)8-13)17-6-2-3-12(14)15/h4-5,7H,2-3,6,8,13H2,1H3,(H,14,15). The SMILES string of the molecule is COc1cc(OCCCC(=O)O)ccc1CN. The molecule has 0 bridgehead atoms. The van der Waals surface area contributed by atoms with Gasteiger partial charge in [-0.05, 0) is 12.5 Å². The molecule has 0 atom stereocenters. The number of methoxy groups -OCH3 is 1. The van der Waals surface area contributed by atoms with Crippen molar-refractivity contribution in [3.8, 4) is 11.5 Å². The fourth-order valence-electron chi connectivity index (χ4n) is 1.40. The van der Waals surface area contributed by atoms with Crippen LogP contribution < -0.4 is 15.2 Å². The summed E-state index contributed by atoms with van der Waals surface area (Å²) >= 11 is 0. The van der Waals surface area contributed by atoms with Crippen molar-refractivity contribution >= 4 is 5.97 Å². The molecule has 0 fully saturated rings. The first-order valence-electron chi connectivity index (χ1n) is 5.39. The molecule has 94 valence electrons. The van der Waals surface area contributed by atoms with E-state index in [4.69, 9.17) is 20.3 Å². The van der Waals surface area contributed by atoms with Gasteiger partial charge in [0.1, 0.15) is 11.5 Å². The van der Waals surface area contributed by atoms with Crippen LogP contribution in [0.3, 0.4) is 0 Å². The molecule has 0 unspecified atom stereocenters. The zero-order valence-corrected chi connectivity index (χ0v) is 9.81. The Hall–Kier alpha value is -1.75. The lowest BCUT2D eigenvalue weighted by Crippen LogP contribution is -2.03. The Labute approximate surface area is 100 Å². The molecule has 17 heavy (non-hydrogen) atoms. The van der Waals surface area contributed by atoms with Crippen molar-refractivity contribution in [1.29, 1.82) is 0 Å². The number of carbonyl (C=O) groups is 1. The van der Waals surface area contributed by atoms with Gasteiger partial charge in [-0.2, -0.15) is 0 Å². The summed E-state index contributed by atoms with van der Waals surface area (Å²) in [6.07, 6.45) is 0.592. The minimum absolute atomic E-state index is 0.109. The second-order valence-corrected chi connectivity index (χ2v) is 3.52. The number of carboxylic acid groups (broad SMARTS) is 1. The van der Waals surface area contributed by atoms with Crippen LogP contribution in [0.25, 0.3) is 0 Å². The summed E-state index contributed by atoms with van der Waals surface area (Å²) in [7, 11) is 1.57. The zero-order chi connectivity index (χ0) is 12.7. The summed E-state index contributed by atoms with van der Waals surface area (Å²) in [6.45, 7) is 0.778. The number of nitrogens with two attached hydrogens (primary N) is 1. The van der Waals surface area contributed by atoms with Crippen molar-refractivity contribution < 1.29 is 19.4 Å². The maximum absolute atomic E-state index is 10.3. The van der Waals surface area contributed by atoms with Gasteiger partial charge in [-0.1, -0.05) is 6.07 Å². The quantitative estimate of drug-likeness (QED) is 0.703. The van der Waals surface area contributed by atoms with Crippen LogP contribution in [-0.4, -0.2) is 24.8 Å². The van der Waals surface area contributed by atoms with Gasteiger partial charge in [0.2, 0.25) is 0 Å². The van der Waals surface area contributed by atoms with Gasteiger partial charge in [0.05, 0.1) is 13.7 Å². The number of hydrogen-bond donors (Lipinski definition) is 2. The molecule has 5 heteroatoms. The monoisotopic (exact) mass is 239 g/mol. The predicted octanol–water partition coefficient (Wildman–Crippen LogP) is 1.40. The number of ether oxygens (including phenoxy) is 2. The first kappa shape index (κ1) is 13.3. The van der Waals surface area contributed by atoms with Crippen LogP contribution in [0.2, 0.25) is 0 Å². The molecule has 0 aliphatic rings. The van der Waals surface area contributed by atoms with E-state index in [9.17, 15) is 4.79 Å². The van der Waals surface area contributed by atoms with E-state index >= 15 is 0 Å². The highest BCUT2D eigenvalue weighted by Crippen LogP contribution is 2.24. The molecule has 1 aromatic carbocycles. The fourth-order valence-corrected chi connectivity index (χ4v) is 1.40. The van der Waals surface area contributed by atoms with E-state index in [1.807, 2.05) is 6.07 Å². The van der Waals surface area contributed by atoms with E-state index in [0.29, 0.717) is 31.1 Å². The smallest absolute Gasteiger partial charge is 0.303 e. The Morgan fingerprint density at radius 1 is 1.47 bits per heavy atom. The Balaban J connectivity index is 2.51. The molecule has 3 N–H and O–H groups in total. The maximum atomic E-state index is 10.3. The van der Waals surface area contributed by atoms with E-state index in [0.717, 1.165) is 5.56 Å². The average molecular weight is 239 g/mol. The zero-order valence-electron chi connectivity index (χ0n) is 9.81. The third-order valence-corrected chi connectivity index (χ3v) is 2.28. The van der Waals surface area contributed by atoms with Gasteiger partial charge in [-0.25, -0.2) is 0 Å². The van der Waals surface area contributed by atoms with Gasteiger partial charge < -0.3 is 20.3 Å². The number of hydrogen-bond acceptors (Lipinski definition) is 4. The minimum atomic E-state index is -0.815.